The average molecular weight is 380 g/mol. The summed E-state index contributed by atoms with van der Waals surface area (Å²) in [5.74, 6) is -0.421. The molecule has 0 saturated carbocycles. The first kappa shape index (κ1) is 19.5. The number of benzene rings is 1. The number of anilines is 1. The number of amides is 2. The van der Waals surface area contributed by atoms with Crippen molar-refractivity contribution in [1.29, 1.82) is 0 Å². The van der Waals surface area contributed by atoms with E-state index < -0.39 is 10.0 Å². The lowest BCUT2D eigenvalue weighted by Gasteiger charge is -2.06. The summed E-state index contributed by atoms with van der Waals surface area (Å²) < 4.78 is 23.7. The van der Waals surface area contributed by atoms with Crippen LogP contribution in [0.25, 0.3) is 0 Å². The molecule has 10 nitrogen and oxygen atoms in total. The lowest BCUT2D eigenvalue weighted by atomic mass is 10.2. The lowest BCUT2D eigenvalue weighted by molar-refractivity contribution is -0.122. The molecule has 0 radical (unpaired) electrons. The molecule has 140 valence electrons. The topological polar surface area (TPSA) is 149 Å². The van der Waals surface area contributed by atoms with E-state index in [0.717, 1.165) is 0 Å². The van der Waals surface area contributed by atoms with Crippen LogP contribution in [0.2, 0.25) is 0 Å². The third-order valence-electron chi connectivity index (χ3n) is 3.36. The predicted molar refractivity (Wildman–Crippen MR) is 93.2 cm³/mol. The van der Waals surface area contributed by atoms with Crippen molar-refractivity contribution >= 4 is 27.7 Å². The van der Waals surface area contributed by atoms with E-state index in [1.165, 1.54) is 23.0 Å². The Kier molecular flexibility index (Phi) is 6.05. The van der Waals surface area contributed by atoms with Gasteiger partial charge in [0, 0.05) is 12.5 Å². The molecule has 0 spiro atoms. The molecule has 0 aliphatic rings. The first-order valence-corrected chi connectivity index (χ1v) is 9.29. The summed E-state index contributed by atoms with van der Waals surface area (Å²) in [5, 5.41) is 17.8. The number of nitrogens with one attached hydrogen (secondary N) is 2. The highest BCUT2D eigenvalue weighted by Gasteiger charge is 2.11. The number of hydrogen-bond donors (Lipinski definition) is 3. The van der Waals surface area contributed by atoms with Crippen molar-refractivity contribution in [3.8, 4) is 0 Å². The largest absolute Gasteiger partial charge is 0.350 e. The van der Waals surface area contributed by atoms with Crippen molar-refractivity contribution in [2.75, 3.05) is 5.32 Å². The van der Waals surface area contributed by atoms with E-state index in [1.807, 2.05) is 0 Å². The monoisotopic (exact) mass is 380 g/mol. The minimum Gasteiger partial charge on any atom is -0.350 e. The van der Waals surface area contributed by atoms with Crippen LogP contribution in [0.1, 0.15) is 19.4 Å². The van der Waals surface area contributed by atoms with E-state index >= 15 is 0 Å². The van der Waals surface area contributed by atoms with Gasteiger partial charge in [-0.05, 0) is 17.7 Å². The van der Waals surface area contributed by atoms with Crippen LogP contribution in [-0.4, -0.2) is 35.2 Å². The molecule has 2 aromatic rings. The first-order valence-electron chi connectivity index (χ1n) is 7.74. The van der Waals surface area contributed by atoms with Crippen LogP contribution in [0.5, 0.6) is 0 Å². The Bertz CT molecular complexity index is 889. The molecular formula is C15H20N6O4S. The third-order valence-corrected chi connectivity index (χ3v) is 4.29. The zero-order valence-electron chi connectivity index (χ0n) is 14.3. The summed E-state index contributed by atoms with van der Waals surface area (Å²) in [5.41, 5.74) is 0.717. The summed E-state index contributed by atoms with van der Waals surface area (Å²) in [6.07, 6.45) is 1.46. The third kappa shape index (κ3) is 5.63. The molecule has 2 amide bonds. The van der Waals surface area contributed by atoms with Gasteiger partial charge in [0.15, 0.2) is 5.82 Å². The maximum atomic E-state index is 11.9. The number of primary sulfonamides is 1. The van der Waals surface area contributed by atoms with Gasteiger partial charge in [-0.25, -0.2) is 18.2 Å². The van der Waals surface area contributed by atoms with Gasteiger partial charge in [0.05, 0.1) is 11.1 Å². The Morgan fingerprint density at radius 1 is 1.23 bits per heavy atom. The van der Waals surface area contributed by atoms with Crippen LogP contribution in [0.4, 0.5) is 5.82 Å². The number of carbonyl (C=O) groups excluding carboxylic acids is 2. The number of carbonyl (C=O) groups is 2. The number of hydrogen-bond acceptors (Lipinski definition) is 6. The fourth-order valence-electron chi connectivity index (χ4n) is 1.90. The molecule has 1 heterocycles. The molecule has 0 saturated heterocycles. The fourth-order valence-corrected chi connectivity index (χ4v) is 2.42. The number of sulfonamides is 1. The SMILES string of the molecule is CC(C)C(=O)Nc1cn(CC(=O)NCc2ccc(S(N)(=O)=O)cc2)nn1. The zero-order chi connectivity index (χ0) is 19.3. The molecule has 4 N–H and O–H groups in total. The summed E-state index contributed by atoms with van der Waals surface area (Å²) in [6.45, 7) is 3.65. The van der Waals surface area contributed by atoms with E-state index in [2.05, 4.69) is 20.9 Å². The Hall–Kier alpha value is -2.79. The number of nitrogens with two attached hydrogens (primary N) is 1. The van der Waals surface area contributed by atoms with Gasteiger partial charge in [-0.2, -0.15) is 0 Å². The molecule has 26 heavy (non-hydrogen) atoms. The van der Waals surface area contributed by atoms with Crippen LogP contribution in [0.3, 0.4) is 0 Å². The van der Waals surface area contributed by atoms with Crippen molar-refractivity contribution in [3.63, 3.8) is 0 Å². The van der Waals surface area contributed by atoms with Crippen molar-refractivity contribution in [1.82, 2.24) is 20.3 Å². The molecule has 2 rings (SSSR count). The highest BCUT2D eigenvalue weighted by atomic mass is 32.2. The molecule has 0 unspecified atom stereocenters. The number of aromatic nitrogens is 3. The van der Waals surface area contributed by atoms with Crippen LogP contribution in [0, 0.1) is 5.92 Å². The van der Waals surface area contributed by atoms with Gasteiger partial charge in [0.2, 0.25) is 21.8 Å². The van der Waals surface area contributed by atoms with E-state index in [1.54, 1.807) is 26.0 Å². The van der Waals surface area contributed by atoms with Crippen molar-refractivity contribution in [3.05, 3.63) is 36.0 Å². The molecule has 1 aromatic heterocycles. The Balaban J connectivity index is 1.85. The molecule has 0 aliphatic carbocycles. The molecular weight excluding hydrogens is 360 g/mol. The predicted octanol–water partition coefficient (Wildman–Crippen LogP) is -0.164. The molecule has 0 fully saturated rings. The van der Waals surface area contributed by atoms with Gasteiger partial charge >= 0.3 is 0 Å². The van der Waals surface area contributed by atoms with Gasteiger partial charge in [0.25, 0.3) is 0 Å². The average Bonchev–Trinajstić information content (AvgIpc) is 2.99. The fraction of sp³-hybridized carbons (Fsp3) is 0.333. The highest BCUT2D eigenvalue weighted by Crippen LogP contribution is 2.08. The van der Waals surface area contributed by atoms with Crippen LogP contribution in [-0.2, 0) is 32.7 Å². The normalized spacial score (nSPS) is 11.4. The van der Waals surface area contributed by atoms with Crippen molar-refractivity contribution in [2.24, 2.45) is 11.1 Å². The van der Waals surface area contributed by atoms with E-state index in [-0.39, 0.29) is 41.5 Å². The van der Waals surface area contributed by atoms with Crippen LogP contribution < -0.4 is 15.8 Å². The molecule has 1 aromatic carbocycles. The Labute approximate surface area is 150 Å². The van der Waals surface area contributed by atoms with Crippen molar-refractivity contribution < 1.29 is 18.0 Å². The minimum absolute atomic E-state index is 0.00571. The van der Waals surface area contributed by atoms with Gasteiger partial charge in [-0.3, -0.25) is 9.59 Å². The summed E-state index contributed by atoms with van der Waals surface area (Å²) in [4.78, 5) is 23.5. The zero-order valence-corrected chi connectivity index (χ0v) is 15.2. The van der Waals surface area contributed by atoms with E-state index in [0.29, 0.717) is 5.56 Å². The van der Waals surface area contributed by atoms with Gasteiger partial charge in [-0.15, -0.1) is 5.10 Å². The second kappa shape index (κ2) is 8.06. The second-order valence-corrected chi connectivity index (χ2v) is 7.47. The second-order valence-electron chi connectivity index (χ2n) is 5.91. The molecule has 11 heteroatoms. The maximum Gasteiger partial charge on any atom is 0.242 e. The molecule has 0 aliphatic heterocycles. The summed E-state index contributed by atoms with van der Waals surface area (Å²) >= 11 is 0. The quantitative estimate of drug-likeness (QED) is 0.607. The number of rotatable bonds is 7. The maximum absolute atomic E-state index is 11.9. The Morgan fingerprint density at radius 2 is 1.88 bits per heavy atom. The first-order chi connectivity index (χ1) is 12.1. The minimum atomic E-state index is -3.74. The van der Waals surface area contributed by atoms with Gasteiger partial charge in [0.1, 0.15) is 6.54 Å². The molecule has 0 atom stereocenters. The molecule has 0 bridgehead atoms. The smallest absolute Gasteiger partial charge is 0.242 e. The summed E-state index contributed by atoms with van der Waals surface area (Å²) in [7, 11) is -3.74. The van der Waals surface area contributed by atoms with E-state index in [9.17, 15) is 18.0 Å². The van der Waals surface area contributed by atoms with E-state index in [4.69, 9.17) is 5.14 Å². The van der Waals surface area contributed by atoms with Gasteiger partial charge < -0.3 is 10.6 Å². The van der Waals surface area contributed by atoms with Crippen LogP contribution in [0.15, 0.2) is 35.4 Å². The number of nitrogens with zero attached hydrogens (tertiary/aromatic N) is 3. The highest BCUT2D eigenvalue weighted by molar-refractivity contribution is 7.89. The van der Waals surface area contributed by atoms with Gasteiger partial charge in [-0.1, -0.05) is 31.2 Å². The summed E-state index contributed by atoms with van der Waals surface area (Å²) in [6, 6.07) is 5.87. The standard InChI is InChI=1S/C15H20N6O4S/c1-10(2)15(23)18-13-8-21(20-19-13)9-14(22)17-7-11-3-5-12(6-4-11)26(16,24)25/h3-6,8,10H,7,9H2,1-2H3,(H,17,22)(H,18,23)(H2,16,24,25). The van der Waals surface area contributed by atoms with Crippen molar-refractivity contribution in [2.45, 2.75) is 31.8 Å². The lowest BCUT2D eigenvalue weighted by Crippen LogP contribution is -2.27. The Morgan fingerprint density at radius 3 is 2.46 bits per heavy atom. The van der Waals surface area contributed by atoms with Crippen LogP contribution >= 0.6 is 0 Å².